The number of aromatic nitrogens is 1. The Morgan fingerprint density at radius 1 is 1.07 bits per heavy atom. The minimum Gasteiger partial charge on any atom is -0.318 e. The molecule has 0 spiro atoms. The van der Waals surface area contributed by atoms with Crippen molar-refractivity contribution < 1.29 is 4.79 Å². The van der Waals surface area contributed by atoms with Gasteiger partial charge in [0.2, 0.25) is 0 Å². The number of benzene rings is 2. The van der Waals surface area contributed by atoms with Gasteiger partial charge >= 0.3 is 0 Å². The molecule has 0 atom stereocenters. The predicted octanol–water partition coefficient (Wildman–Crippen LogP) is 5.13. The topological polar surface area (TPSA) is 46.4 Å². The minimum absolute atomic E-state index is 0.295. The van der Waals surface area contributed by atoms with Crippen molar-refractivity contribution in [3.63, 3.8) is 0 Å². The summed E-state index contributed by atoms with van der Waals surface area (Å²) in [6, 6.07) is 15.2. The smallest absolute Gasteiger partial charge is 0.271 e. The highest BCUT2D eigenvalue weighted by Crippen LogP contribution is 2.23. The third-order valence-electron chi connectivity index (χ3n) is 4.52. The summed E-state index contributed by atoms with van der Waals surface area (Å²) in [7, 11) is 0. The quantitative estimate of drug-likeness (QED) is 0.495. The Labute approximate surface area is 164 Å². The Morgan fingerprint density at radius 3 is 2.56 bits per heavy atom. The average molecular weight is 380 g/mol. The summed E-state index contributed by atoms with van der Waals surface area (Å²) in [4.78, 5) is 12.2. The SMILES string of the molecule is Cc1ccc(-n2c(C)cc(/C=N/NC(=O)c3cccc(Cl)c3)c2C)c(C)c1. The maximum absolute atomic E-state index is 12.2. The number of rotatable bonds is 4. The number of nitrogens with one attached hydrogen (secondary N) is 1. The van der Waals surface area contributed by atoms with Crippen molar-refractivity contribution in [2.24, 2.45) is 5.10 Å². The van der Waals surface area contributed by atoms with E-state index in [0.29, 0.717) is 10.6 Å². The van der Waals surface area contributed by atoms with Crippen molar-refractivity contribution in [2.75, 3.05) is 0 Å². The first kappa shape index (κ1) is 18.9. The van der Waals surface area contributed by atoms with Crippen LogP contribution in [0.25, 0.3) is 5.69 Å². The molecule has 0 saturated carbocycles. The lowest BCUT2D eigenvalue weighted by Crippen LogP contribution is -2.17. The average Bonchev–Trinajstić information content (AvgIpc) is 2.89. The van der Waals surface area contributed by atoms with Crippen molar-refractivity contribution in [1.29, 1.82) is 0 Å². The van der Waals surface area contributed by atoms with Gasteiger partial charge in [0.15, 0.2) is 0 Å². The number of halogens is 1. The van der Waals surface area contributed by atoms with Gasteiger partial charge in [0.05, 0.1) is 6.21 Å². The highest BCUT2D eigenvalue weighted by Gasteiger charge is 2.11. The van der Waals surface area contributed by atoms with Gasteiger partial charge in [-0.05, 0) is 63.6 Å². The molecule has 2 aromatic carbocycles. The second-order valence-electron chi connectivity index (χ2n) is 6.66. The molecule has 0 fully saturated rings. The molecule has 0 saturated heterocycles. The van der Waals surface area contributed by atoms with Crippen LogP contribution in [-0.2, 0) is 0 Å². The molecule has 5 heteroatoms. The van der Waals surface area contributed by atoms with Crippen LogP contribution in [0.15, 0.2) is 53.6 Å². The van der Waals surface area contributed by atoms with Crippen molar-refractivity contribution in [1.82, 2.24) is 9.99 Å². The second kappa shape index (κ2) is 7.80. The molecule has 0 radical (unpaired) electrons. The molecule has 138 valence electrons. The molecule has 1 amide bonds. The molecule has 27 heavy (non-hydrogen) atoms. The van der Waals surface area contributed by atoms with Gasteiger partial charge in [-0.3, -0.25) is 4.79 Å². The highest BCUT2D eigenvalue weighted by atomic mass is 35.5. The summed E-state index contributed by atoms with van der Waals surface area (Å²) in [6.45, 7) is 8.31. The van der Waals surface area contributed by atoms with E-state index in [1.807, 2.05) is 6.92 Å². The third kappa shape index (κ3) is 4.12. The zero-order valence-electron chi connectivity index (χ0n) is 15.9. The van der Waals surface area contributed by atoms with Gasteiger partial charge in [0, 0.05) is 33.2 Å². The van der Waals surface area contributed by atoms with E-state index in [-0.39, 0.29) is 5.91 Å². The highest BCUT2D eigenvalue weighted by molar-refractivity contribution is 6.30. The van der Waals surface area contributed by atoms with Gasteiger partial charge in [0.1, 0.15) is 0 Å². The van der Waals surface area contributed by atoms with Gasteiger partial charge in [0.25, 0.3) is 5.91 Å². The number of hydrogen-bond donors (Lipinski definition) is 1. The molecule has 3 aromatic rings. The lowest BCUT2D eigenvalue weighted by atomic mass is 10.1. The number of hydrazone groups is 1. The zero-order valence-corrected chi connectivity index (χ0v) is 16.6. The van der Waals surface area contributed by atoms with E-state index in [1.165, 1.54) is 11.1 Å². The van der Waals surface area contributed by atoms with Crippen LogP contribution in [-0.4, -0.2) is 16.7 Å². The summed E-state index contributed by atoms with van der Waals surface area (Å²) in [5.74, 6) is -0.295. The van der Waals surface area contributed by atoms with E-state index in [0.717, 1.165) is 22.6 Å². The normalized spacial score (nSPS) is 11.1. The molecule has 1 N–H and O–H groups in total. The fraction of sp³-hybridized carbons (Fsp3) is 0.182. The lowest BCUT2D eigenvalue weighted by Gasteiger charge is -2.13. The van der Waals surface area contributed by atoms with E-state index in [4.69, 9.17) is 11.6 Å². The molecular weight excluding hydrogens is 358 g/mol. The van der Waals surface area contributed by atoms with E-state index >= 15 is 0 Å². The molecule has 4 nitrogen and oxygen atoms in total. The summed E-state index contributed by atoms with van der Waals surface area (Å²) in [5, 5.41) is 4.63. The standard InChI is InChI=1S/C22H22ClN3O/c1-14-8-9-21(15(2)10-14)26-16(3)11-19(17(26)4)13-24-25-22(27)18-6-5-7-20(23)12-18/h5-13H,1-4H3,(H,25,27)/b24-13+. The molecule has 0 aliphatic heterocycles. The van der Waals surface area contributed by atoms with Crippen LogP contribution < -0.4 is 5.43 Å². The van der Waals surface area contributed by atoms with Crippen molar-refractivity contribution in [3.05, 3.63) is 87.2 Å². The Hall–Kier alpha value is -2.85. The Kier molecular flexibility index (Phi) is 5.47. The number of nitrogens with zero attached hydrogens (tertiary/aromatic N) is 2. The Morgan fingerprint density at radius 2 is 1.85 bits per heavy atom. The van der Waals surface area contributed by atoms with E-state index < -0.39 is 0 Å². The fourth-order valence-corrected chi connectivity index (χ4v) is 3.39. The number of amides is 1. The van der Waals surface area contributed by atoms with Crippen LogP contribution >= 0.6 is 11.6 Å². The maximum Gasteiger partial charge on any atom is 0.271 e. The molecule has 3 rings (SSSR count). The van der Waals surface area contributed by atoms with Crippen LogP contribution in [0.2, 0.25) is 5.02 Å². The van der Waals surface area contributed by atoms with Gasteiger partial charge in [-0.25, -0.2) is 5.43 Å². The number of hydrogen-bond acceptors (Lipinski definition) is 2. The third-order valence-corrected chi connectivity index (χ3v) is 4.76. The van der Waals surface area contributed by atoms with Crippen LogP contribution in [0.4, 0.5) is 0 Å². The van der Waals surface area contributed by atoms with E-state index in [1.54, 1.807) is 30.5 Å². The van der Waals surface area contributed by atoms with Crippen molar-refractivity contribution in [2.45, 2.75) is 27.7 Å². The predicted molar refractivity (Wildman–Crippen MR) is 111 cm³/mol. The second-order valence-corrected chi connectivity index (χ2v) is 7.10. The van der Waals surface area contributed by atoms with E-state index in [9.17, 15) is 4.79 Å². The van der Waals surface area contributed by atoms with Gasteiger partial charge in [-0.15, -0.1) is 0 Å². The first-order chi connectivity index (χ1) is 12.9. The van der Waals surface area contributed by atoms with Crippen LogP contribution in [0.3, 0.4) is 0 Å². The van der Waals surface area contributed by atoms with Crippen LogP contribution in [0.5, 0.6) is 0 Å². The number of carbonyl (C=O) groups is 1. The zero-order chi connectivity index (χ0) is 19.6. The first-order valence-electron chi connectivity index (χ1n) is 8.72. The minimum atomic E-state index is -0.295. The van der Waals surface area contributed by atoms with Crippen LogP contribution in [0, 0.1) is 27.7 Å². The maximum atomic E-state index is 12.2. The molecule has 0 aliphatic carbocycles. The summed E-state index contributed by atoms with van der Waals surface area (Å²) < 4.78 is 2.20. The fourth-order valence-electron chi connectivity index (χ4n) is 3.20. The molecule has 0 bridgehead atoms. The molecule has 0 aliphatic rings. The molecule has 0 unspecified atom stereocenters. The summed E-state index contributed by atoms with van der Waals surface area (Å²) >= 11 is 5.92. The van der Waals surface area contributed by atoms with Gasteiger partial charge in [-0.2, -0.15) is 5.10 Å². The Balaban J connectivity index is 1.82. The first-order valence-corrected chi connectivity index (χ1v) is 9.10. The monoisotopic (exact) mass is 379 g/mol. The van der Waals surface area contributed by atoms with Crippen molar-refractivity contribution >= 4 is 23.7 Å². The summed E-state index contributed by atoms with van der Waals surface area (Å²) in [6.07, 6.45) is 1.67. The van der Waals surface area contributed by atoms with E-state index in [2.05, 4.69) is 60.1 Å². The number of aryl methyl sites for hydroxylation is 3. The van der Waals surface area contributed by atoms with Gasteiger partial charge in [-0.1, -0.05) is 35.4 Å². The number of carbonyl (C=O) groups excluding carboxylic acids is 1. The Bertz CT molecular complexity index is 1030. The van der Waals surface area contributed by atoms with Gasteiger partial charge < -0.3 is 4.57 Å². The largest absolute Gasteiger partial charge is 0.318 e. The van der Waals surface area contributed by atoms with Crippen molar-refractivity contribution in [3.8, 4) is 5.69 Å². The molecular formula is C22H22ClN3O. The molecule has 1 heterocycles. The van der Waals surface area contributed by atoms with Crippen LogP contribution in [0.1, 0.15) is 38.4 Å². The lowest BCUT2D eigenvalue weighted by molar-refractivity contribution is 0.0955. The molecule has 1 aromatic heterocycles. The summed E-state index contributed by atoms with van der Waals surface area (Å²) in [5.41, 5.74) is 9.77.